The second-order valence-corrected chi connectivity index (χ2v) is 9.65. The lowest BCUT2D eigenvalue weighted by atomic mass is 9.58. The van der Waals surface area contributed by atoms with Gasteiger partial charge in [0.1, 0.15) is 5.75 Å². The third kappa shape index (κ3) is 2.81. The number of benzene rings is 3. The topological polar surface area (TPSA) is 49.7 Å². The molecule has 152 valence electrons. The number of methoxy groups -OCH3 is 1. The normalized spacial score (nSPS) is 29.0. The zero-order valence-electron chi connectivity index (χ0n) is 17.3. The van der Waals surface area contributed by atoms with Gasteiger partial charge in [-0.05, 0) is 106 Å². The first-order valence-electron chi connectivity index (χ1n) is 11.2. The van der Waals surface area contributed by atoms with Gasteiger partial charge in [-0.25, -0.2) is 0 Å². The van der Waals surface area contributed by atoms with Gasteiger partial charge in [-0.3, -0.25) is 0 Å². The van der Waals surface area contributed by atoms with Crippen LogP contribution in [0.15, 0.2) is 54.6 Å². The summed E-state index contributed by atoms with van der Waals surface area (Å²) >= 11 is 0. The van der Waals surface area contributed by atoms with Crippen molar-refractivity contribution in [3.63, 3.8) is 0 Å². The molecule has 0 spiro atoms. The van der Waals surface area contributed by atoms with Gasteiger partial charge in [-0.1, -0.05) is 36.4 Å². The molecule has 0 radical (unpaired) electrons. The van der Waals surface area contributed by atoms with Crippen LogP contribution in [0.3, 0.4) is 0 Å². The van der Waals surface area contributed by atoms with E-state index in [1.807, 2.05) is 12.1 Å². The molecule has 3 aromatic rings. The van der Waals surface area contributed by atoms with E-state index in [9.17, 15) is 10.0 Å². The number of hydrogen-bond donors (Lipinski definition) is 2. The number of hydrogen-bond acceptors (Lipinski definition) is 3. The van der Waals surface area contributed by atoms with Crippen LogP contribution in [0.5, 0.6) is 5.75 Å². The van der Waals surface area contributed by atoms with Crippen LogP contribution in [-0.4, -0.2) is 24.3 Å². The summed E-state index contributed by atoms with van der Waals surface area (Å²) < 4.78 is 5.80. The SMILES string of the molecule is COc1ccc(-c2ccc3cc(B(O)O)ccc3c2)cc1C1CC2CC3CC1C3C2. The van der Waals surface area contributed by atoms with Crippen molar-refractivity contribution in [3.05, 3.63) is 60.2 Å². The lowest BCUT2D eigenvalue weighted by Gasteiger charge is -2.47. The lowest BCUT2D eigenvalue weighted by Crippen LogP contribution is -2.38. The van der Waals surface area contributed by atoms with Gasteiger partial charge in [0.2, 0.25) is 0 Å². The Hall–Kier alpha value is -2.30. The molecule has 0 heterocycles. The molecule has 30 heavy (non-hydrogen) atoms. The minimum absolute atomic E-state index is 0.521. The average molecular weight is 398 g/mol. The fraction of sp³-hybridized carbons (Fsp3) is 0.385. The van der Waals surface area contributed by atoms with Crippen molar-refractivity contribution in [2.45, 2.75) is 31.6 Å². The summed E-state index contributed by atoms with van der Waals surface area (Å²) in [5.41, 5.74) is 4.34. The standard InChI is InChI=1S/C26H27BO3/c1-30-26-7-5-19(13-25(26)23-10-15-8-20-14-24(23)22(20)9-15)16-2-3-18-12-21(27(28)29)6-4-17(18)11-16/h2-7,11-13,15,20,22-24,28-29H,8-10,14H2,1H3. The van der Waals surface area contributed by atoms with Crippen LogP contribution in [0.25, 0.3) is 21.9 Å². The van der Waals surface area contributed by atoms with E-state index in [4.69, 9.17) is 4.74 Å². The Morgan fingerprint density at radius 1 is 0.800 bits per heavy atom. The van der Waals surface area contributed by atoms with Crippen molar-refractivity contribution in [2.75, 3.05) is 7.11 Å². The summed E-state index contributed by atoms with van der Waals surface area (Å²) in [7, 11) is 0.359. The van der Waals surface area contributed by atoms with E-state index in [1.54, 1.807) is 13.2 Å². The van der Waals surface area contributed by atoms with Crippen LogP contribution in [0.1, 0.15) is 37.2 Å². The summed E-state index contributed by atoms with van der Waals surface area (Å²) in [6.07, 6.45) is 5.65. The number of ether oxygens (including phenoxy) is 1. The minimum atomic E-state index is -1.44. The molecule has 3 aliphatic carbocycles. The highest BCUT2D eigenvalue weighted by Gasteiger charge is 2.55. The monoisotopic (exact) mass is 398 g/mol. The maximum Gasteiger partial charge on any atom is 0.488 e. The highest BCUT2D eigenvalue weighted by molar-refractivity contribution is 6.58. The van der Waals surface area contributed by atoms with Gasteiger partial charge in [0.15, 0.2) is 0 Å². The van der Waals surface area contributed by atoms with E-state index in [0.717, 1.165) is 40.2 Å². The number of fused-ring (bicyclic) bond motifs is 2. The molecular weight excluding hydrogens is 371 g/mol. The molecule has 0 saturated heterocycles. The first-order chi connectivity index (χ1) is 14.6. The van der Waals surface area contributed by atoms with Gasteiger partial charge in [0.05, 0.1) is 7.11 Å². The Morgan fingerprint density at radius 2 is 1.57 bits per heavy atom. The van der Waals surface area contributed by atoms with E-state index in [-0.39, 0.29) is 0 Å². The molecule has 3 fully saturated rings. The van der Waals surface area contributed by atoms with Gasteiger partial charge in [-0.15, -0.1) is 0 Å². The van der Waals surface area contributed by atoms with Gasteiger partial charge in [0.25, 0.3) is 0 Å². The third-order valence-corrected chi connectivity index (χ3v) is 8.20. The predicted molar refractivity (Wildman–Crippen MR) is 121 cm³/mol. The van der Waals surface area contributed by atoms with Crippen LogP contribution in [-0.2, 0) is 0 Å². The van der Waals surface area contributed by atoms with Crippen molar-refractivity contribution in [1.29, 1.82) is 0 Å². The molecule has 0 amide bonds. The summed E-state index contributed by atoms with van der Waals surface area (Å²) in [6, 6.07) is 18.7. The van der Waals surface area contributed by atoms with Gasteiger partial charge < -0.3 is 14.8 Å². The largest absolute Gasteiger partial charge is 0.496 e. The zero-order valence-corrected chi connectivity index (χ0v) is 17.3. The average Bonchev–Trinajstić information content (AvgIpc) is 2.91. The zero-order chi connectivity index (χ0) is 20.4. The Bertz CT molecular complexity index is 1120. The molecule has 3 nitrogen and oxygen atoms in total. The molecule has 0 aliphatic heterocycles. The van der Waals surface area contributed by atoms with Crippen LogP contribution >= 0.6 is 0 Å². The Balaban J connectivity index is 1.39. The van der Waals surface area contributed by atoms with E-state index in [2.05, 4.69) is 36.4 Å². The van der Waals surface area contributed by atoms with Crippen LogP contribution in [0, 0.1) is 23.7 Å². The minimum Gasteiger partial charge on any atom is -0.496 e. The Morgan fingerprint density at radius 3 is 2.40 bits per heavy atom. The molecule has 2 N–H and O–H groups in total. The smallest absolute Gasteiger partial charge is 0.488 e. The van der Waals surface area contributed by atoms with Crippen molar-refractivity contribution in [2.24, 2.45) is 23.7 Å². The van der Waals surface area contributed by atoms with Gasteiger partial charge in [0, 0.05) is 0 Å². The van der Waals surface area contributed by atoms with Crippen LogP contribution < -0.4 is 10.2 Å². The molecule has 5 atom stereocenters. The van der Waals surface area contributed by atoms with E-state index in [0.29, 0.717) is 11.4 Å². The van der Waals surface area contributed by atoms with Gasteiger partial charge in [-0.2, -0.15) is 0 Å². The summed E-state index contributed by atoms with van der Waals surface area (Å²) in [6.45, 7) is 0. The molecule has 6 rings (SSSR count). The van der Waals surface area contributed by atoms with E-state index >= 15 is 0 Å². The first-order valence-corrected chi connectivity index (χ1v) is 11.2. The predicted octanol–water partition coefficient (Wildman–Crippen LogP) is 4.34. The lowest BCUT2D eigenvalue weighted by molar-refractivity contribution is 0.0633. The highest BCUT2D eigenvalue weighted by Crippen LogP contribution is 2.65. The van der Waals surface area contributed by atoms with E-state index in [1.165, 1.54) is 42.4 Å². The van der Waals surface area contributed by atoms with Crippen molar-refractivity contribution in [3.8, 4) is 16.9 Å². The van der Waals surface area contributed by atoms with Crippen LogP contribution in [0.4, 0.5) is 0 Å². The molecule has 4 heteroatoms. The fourth-order valence-electron chi connectivity index (χ4n) is 6.76. The molecule has 5 unspecified atom stereocenters. The van der Waals surface area contributed by atoms with Crippen molar-refractivity contribution >= 4 is 23.4 Å². The van der Waals surface area contributed by atoms with Crippen molar-refractivity contribution < 1.29 is 14.8 Å². The van der Waals surface area contributed by atoms with Gasteiger partial charge >= 0.3 is 7.12 Å². The Kier molecular flexibility index (Phi) is 4.23. The maximum atomic E-state index is 9.43. The van der Waals surface area contributed by atoms with Crippen molar-refractivity contribution in [1.82, 2.24) is 0 Å². The fourth-order valence-corrected chi connectivity index (χ4v) is 6.76. The van der Waals surface area contributed by atoms with E-state index < -0.39 is 7.12 Å². The number of rotatable bonds is 4. The van der Waals surface area contributed by atoms with Crippen LogP contribution in [0.2, 0.25) is 0 Å². The summed E-state index contributed by atoms with van der Waals surface area (Å²) in [4.78, 5) is 0. The first kappa shape index (κ1) is 18.5. The molecule has 2 bridgehead atoms. The molecule has 3 aromatic carbocycles. The highest BCUT2D eigenvalue weighted by atomic mass is 16.5. The molecule has 0 aromatic heterocycles. The quantitative estimate of drug-likeness (QED) is 0.643. The molecular formula is C26H27BO3. The third-order valence-electron chi connectivity index (χ3n) is 8.20. The summed E-state index contributed by atoms with van der Waals surface area (Å²) in [5, 5.41) is 21.0. The molecule has 3 saturated carbocycles. The molecule has 3 aliphatic rings. The second kappa shape index (κ2) is 6.86. The second-order valence-electron chi connectivity index (χ2n) is 9.65. The maximum absolute atomic E-state index is 9.43. The Labute approximate surface area is 177 Å². The summed E-state index contributed by atoms with van der Waals surface area (Å²) in [5.74, 6) is 5.39.